The predicted molar refractivity (Wildman–Crippen MR) is 60.1 cm³/mol. The number of rotatable bonds is 2. The summed E-state index contributed by atoms with van der Waals surface area (Å²) >= 11 is 0. The third-order valence-electron chi connectivity index (χ3n) is 2.17. The zero-order valence-corrected chi connectivity index (χ0v) is 10.3. The molecule has 0 unspecified atom stereocenters. The van der Waals surface area contributed by atoms with Crippen LogP contribution in [-0.2, 0) is 9.05 Å². The summed E-state index contributed by atoms with van der Waals surface area (Å²) in [6, 6.07) is 1.68. The first-order valence-electron chi connectivity index (χ1n) is 4.69. The molecule has 0 aliphatic heterocycles. The fourth-order valence-electron chi connectivity index (χ4n) is 1.49. The second-order valence-corrected chi connectivity index (χ2v) is 6.20. The van der Waals surface area contributed by atoms with Gasteiger partial charge in [0.05, 0.1) is 5.69 Å². The minimum atomic E-state index is -3.84. The fraction of sp³-hybridized carbons (Fsp3) is 0.333. The highest BCUT2D eigenvalue weighted by molar-refractivity contribution is 8.14. The molecule has 0 atom stereocenters. The van der Waals surface area contributed by atoms with Gasteiger partial charge in [-0.15, -0.1) is 0 Å². The molecule has 2 rings (SSSR count). The molecule has 0 N–H and O–H groups in total. The first-order chi connectivity index (χ1) is 7.41. The Balaban J connectivity index is 2.91. The van der Waals surface area contributed by atoms with Crippen molar-refractivity contribution in [3.63, 3.8) is 0 Å². The van der Waals surface area contributed by atoms with Gasteiger partial charge in [-0.3, -0.25) is 0 Å². The minimum absolute atomic E-state index is 0.00441. The lowest BCUT2D eigenvalue weighted by molar-refractivity contribution is 0.608. The maximum Gasteiger partial charge on any atom is 0.266 e. The van der Waals surface area contributed by atoms with Gasteiger partial charge in [-0.05, 0) is 12.0 Å². The number of hydrogen-bond donors (Lipinski definition) is 0. The van der Waals surface area contributed by atoms with Gasteiger partial charge in [0.15, 0.2) is 10.5 Å². The molecule has 2 aromatic rings. The molecule has 0 fully saturated rings. The Bertz CT molecular complexity index is 633. The summed E-state index contributed by atoms with van der Waals surface area (Å²) in [5.74, 6) is -0.0368. The number of hydrogen-bond acceptors (Lipinski definition) is 4. The first kappa shape index (κ1) is 11.3. The quantitative estimate of drug-likeness (QED) is 0.771. The maximum atomic E-state index is 11.5. The Morgan fingerprint density at radius 2 is 2.12 bits per heavy atom. The van der Waals surface area contributed by atoms with Crippen molar-refractivity contribution < 1.29 is 8.42 Å². The Labute approximate surface area is 97.5 Å². The average Bonchev–Trinajstić information content (AvgIpc) is 2.55. The molecule has 0 bridgehead atoms. The summed E-state index contributed by atoms with van der Waals surface area (Å²) in [7, 11) is 1.57. The van der Waals surface area contributed by atoms with Crippen molar-refractivity contribution in [1.29, 1.82) is 0 Å². The third-order valence-corrected chi connectivity index (χ3v) is 3.51. The highest BCUT2D eigenvalue weighted by atomic mass is 35.7. The lowest BCUT2D eigenvalue weighted by Crippen LogP contribution is -1.98. The molecule has 86 valence electrons. The van der Waals surface area contributed by atoms with E-state index in [2.05, 4.69) is 10.1 Å². The molecular formula is C9H10ClN3O2S. The molecule has 16 heavy (non-hydrogen) atoms. The Hall–Kier alpha value is -1.14. The Morgan fingerprint density at radius 3 is 2.69 bits per heavy atom. The molecule has 0 saturated carbocycles. The van der Waals surface area contributed by atoms with Crippen molar-refractivity contribution in [2.24, 2.45) is 0 Å². The van der Waals surface area contributed by atoms with Crippen molar-refractivity contribution >= 4 is 25.4 Å². The second kappa shape index (κ2) is 3.71. The first-order valence-corrected chi connectivity index (χ1v) is 7.00. The van der Waals surface area contributed by atoms with E-state index in [0.717, 1.165) is 0 Å². The average molecular weight is 260 g/mol. The lowest BCUT2D eigenvalue weighted by atomic mass is 10.1. The van der Waals surface area contributed by atoms with E-state index < -0.39 is 9.05 Å². The molecule has 0 spiro atoms. The number of fused-ring (bicyclic) bond motifs is 1. The van der Waals surface area contributed by atoms with Crippen LogP contribution in [0, 0.1) is 0 Å². The topological polar surface area (TPSA) is 64.3 Å². The van der Waals surface area contributed by atoms with Crippen LogP contribution in [0.3, 0.4) is 0 Å². The largest absolute Gasteiger partial charge is 0.266 e. The van der Waals surface area contributed by atoms with Gasteiger partial charge in [0.1, 0.15) is 0 Å². The van der Waals surface area contributed by atoms with E-state index in [1.54, 1.807) is 12.3 Å². The van der Waals surface area contributed by atoms with E-state index in [4.69, 9.17) is 10.7 Å². The van der Waals surface area contributed by atoms with Gasteiger partial charge in [0.2, 0.25) is 0 Å². The van der Waals surface area contributed by atoms with E-state index in [1.807, 2.05) is 13.8 Å². The van der Waals surface area contributed by atoms with Crippen LogP contribution in [0.4, 0.5) is 0 Å². The van der Waals surface area contributed by atoms with Crippen LogP contribution >= 0.6 is 10.7 Å². The van der Waals surface area contributed by atoms with Crippen molar-refractivity contribution in [1.82, 2.24) is 14.6 Å². The van der Waals surface area contributed by atoms with Gasteiger partial charge < -0.3 is 0 Å². The van der Waals surface area contributed by atoms with Gasteiger partial charge >= 0.3 is 0 Å². The fourth-order valence-corrected chi connectivity index (χ4v) is 2.83. The predicted octanol–water partition coefficient (Wildman–Crippen LogP) is 1.78. The number of nitrogens with zero attached hydrogens (tertiary/aromatic N) is 3. The zero-order valence-electron chi connectivity index (χ0n) is 8.75. The SMILES string of the molecule is CC(C)c1nn2cccnc2c1S(=O)(=O)Cl. The molecule has 0 aliphatic rings. The minimum Gasteiger partial charge on any atom is -0.236 e. The van der Waals surface area contributed by atoms with Crippen LogP contribution in [0.5, 0.6) is 0 Å². The van der Waals surface area contributed by atoms with Crippen LogP contribution in [0.1, 0.15) is 25.5 Å². The highest BCUT2D eigenvalue weighted by Crippen LogP contribution is 2.28. The normalized spacial score (nSPS) is 12.5. The lowest BCUT2D eigenvalue weighted by Gasteiger charge is -2.00. The molecule has 0 aromatic carbocycles. The molecular weight excluding hydrogens is 250 g/mol. The molecule has 0 amide bonds. The molecule has 0 saturated heterocycles. The van der Waals surface area contributed by atoms with E-state index in [1.165, 1.54) is 10.7 Å². The van der Waals surface area contributed by atoms with Crippen molar-refractivity contribution in [3.05, 3.63) is 24.2 Å². The maximum absolute atomic E-state index is 11.5. The van der Waals surface area contributed by atoms with Crippen LogP contribution in [-0.4, -0.2) is 23.0 Å². The molecule has 5 nitrogen and oxygen atoms in total. The number of aromatic nitrogens is 3. The molecule has 0 radical (unpaired) electrons. The van der Waals surface area contributed by atoms with E-state index in [-0.39, 0.29) is 16.5 Å². The molecule has 2 aromatic heterocycles. The molecule has 0 aliphatic carbocycles. The summed E-state index contributed by atoms with van der Waals surface area (Å²) in [6.45, 7) is 3.71. The molecule has 2 heterocycles. The summed E-state index contributed by atoms with van der Waals surface area (Å²) in [5, 5.41) is 4.17. The van der Waals surface area contributed by atoms with Gasteiger partial charge in [0, 0.05) is 23.1 Å². The van der Waals surface area contributed by atoms with Crippen molar-refractivity contribution in [2.45, 2.75) is 24.7 Å². The van der Waals surface area contributed by atoms with E-state index in [9.17, 15) is 8.42 Å². The summed E-state index contributed by atoms with van der Waals surface area (Å²) in [6.07, 6.45) is 3.15. The van der Waals surface area contributed by atoms with Crippen molar-refractivity contribution in [2.75, 3.05) is 0 Å². The summed E-state index contributed by atoms with van der Waals surface area (Å²) < 4.78 is 24.4. The van der Waals surface area contributed by atoms with Gasteiger partial charge in [0.25, 0.3) is 9.05 Å². The standard InChI is InChI=1S/C9H10ClN3O2S/c1-6(2)7-8(16(10,14)15)9-11-4-3-5-13(9)12-7/h3-6H,1-2H3. The van der Waals surface area contributed by atoms with E-state index >= 15 is 0 Å². The van der Waals surface area contributed by atoms with Crippen molar-refractivity contribution in [3.8, 4) is 0 Å². The van der Waals surface area contributed by atoms with Crippen LogP contribution in [0.2, 0.25) is 0 Å². The zero-order chi connectivity index (χ0) is 11.9. The van der Waals surface area contributed by atoms with Gasteiger partial charge in [-0.1, -0.05) is 13.8 Å². The smallest absolute Gasteiger partial charge is 0.236 e. The Kier molecular flexibility index (Phi) is 2.63. The van der Waals surface area contributed by atoms with Gasteiger partial charge in [-0.25, -0.2) is 17.9 Å². The summed E-state index contributed by atoms with van der Waals surface area (Å²) in [4.78, 5) is 3.99. The molecule has 7 heteroatoms. The third kappa shape index (κ3) is 1.78. The summed E-state index contributed by atoms with van der Waals surface area (Å²) in [5.41, 5.74) is 0.704. The van der Waals surface area contributed by atoms with Crippen LogP contribution < -0.4 is 0 Å². The highest BCUT2D eigenvalue weighted by Gasteiger charge is 2.25. The van der Waals surface area contributed by atoms with E-state index in [0.29, 0.717) is 5.69 Å². The van der Waals surface area contributed by atoms with Crippen LogP contribution in [0.25, 0.3) is 5.65 Å². The van der Waals surface area contributed by atoms with Gasteiger partial charge in [-0.2, -0.15) is 5.10 Å². The van der Waals surface area contributed by atoms with Crippen LogP contribution in [0.15, 0.2) is 23.4 Å². The monoisotopic (exact) mass is 259 g/mol. The number of halogens is 1. The Morgan fingerprint density at radius 1 is 1.44 bits per heavy atom. The second-order valence-electron chi connectivity index (χ2n) is 3.69.